The zero-order valence-corrected chi connectivity index (χ0v) is 16.8. The summed E-state index contributed by atoms with van der Waals surface area (Å²) in [4.78, 5) is 27.0. The van der Waals surface area contributed by atoms with Gasteiger partial charge < -0.3 is 15.5 Å². The van der Waals surface area contributed by atoms with Crippen LogP contribution >= 0.6 is 0 Å². The maximum atomic E-state index is 12.7. The van der Waals surface area contributed by atoms with Crippen molar-refractivity contribution in [2.24, 2.45) is 0 Å². The number of likely N-dealkylation sites (N-methyl/N-ethyl adjacent to an activating group) is 1. The number of carbonyl (C=O) groups is 2. The average Bonchev–Trinajstić information content (AvgIpc) is 2.61. The average molecular weight is 367 g/mol. The second-order valence-corrected chi connectivity index (χ2v) is 7.89. The molecular formula is C22H29N3O2. The van der Waals surface area contributed by atoms with Crippen LogP contribution in [0.3, 0.4) is 0 Å². The monoisotopic (exact) mass is 367 g/mol. The van der Waals surface area contributed by atoms with Crippen molar-refractivity contribution in [2.45, 2.75) is 26.2 Å². The molecule has 2 rings (SSSR count). The molecule has 0 aromatic heterocycles. The van der Waals surface area contributed by atoms with Crippen molar-refractivity contribution in [1.82, 2.24) is 10.2 Å². The number of rotatable bonds is 6. The first-order valence-corrected chi connectivity index (χ1v) is 9.12. The van der Waals surface area contributed by atoms with Gasteiger partial charge in [-0.15, -0.1) is 0 Å². The Balaban J connectivity index is 2.13. The lowest BCUT2D eigenvalue weighted by Crippen LogP contribution is -2.31. The Hall–Kier alpha value is -2.66. The molecule has 0 heterocycles. The molecule has 0 atom stereocenters. The number of nitrogens with one attached hydrogen (secondary N) is 2. The van der Waals surface area contributed by atoms with E-state index in [0.29, 0.717) is 17.7 Å². The number of nitrogens with zero attached hydrogens (tertiary/aromatic N) is 1. The maximum absolute atomic E-state index is 12.7. The lowest BCUT2D eigenvalue weighted by molar-refractivity contribution is 0.0951. The normalized spacial score (nSPS) is 11.3. The molecule has 0 aliphatic rings. The fraction of sp³-hybridized carbons (Fsp3) is 0.364. The molecule has 0 spiro atoms. The molecule has 5 nitrogen and oxygen atoms in total. The second-order valence-electron chi connectivity index (χ2n) is 7.89. The molecule has 2 N–H and O–H groups in total. The van der Waals surface area contributed by atoms with E-state index >= 15 is 0 Å². The van der Waals surface area contributed by atoms with Gasteiger partial charge in [-0.1, -0.05) is 45.0 Å². The van der Waals surface area contributed by atoms with Gasteiger partial charge in [-0.3, -0.25) is 9.59 Å². The molecule has 0 bridgehead atoms. The van der Waals surface area contributed by atoms with Crippen LogP contribution in [0.2, 0.25) is 0 Å². The molecule has 27 heavy (non-hydrogen) atoms. The molecular weight excluding hydrogens is 338 g/mol. The zero-order valence-electron chi connectivity index (χ0n) is 16.8. The molecule has 2 aromatic rings. The van der Waals surface area contributed by atoms with Crippen molar-refractivity contribution in [3.63, 3.8) is 0 Å². The van der Waals surface area contributed by atoms with Crippen LogP contribution in [-0.2, 0) is 5.41 Å². The Labute approximate surface area is 161 Å². The summed E-state index contributed by atoms with van der Waals surface area (Å²) < 4.78 is 0. The highest BCUT2D eigenvalue weighted by Gasteiger charge is 2.19. The Morgan fingerprint density at radius 2 is 1.56 bits per heavy atom. The van der Waals surface area contributed by atoms with E-state index in [0.717, 1.165) is 17.8 Å². The summed E-state index contributed by atoms with van der Waals surface area (Å²) in [6.07, 6.45) is 0. The largest absolute Gasteiger partial charge is 0.351 e. The minimum Gasteiger partial charge on any atom is -0.351 e. The standard InChI is InChI=1S/C22H29N3O2/c1-22(2,3)18-11-6-7-12-19(18)24-21(27)17-10-8-9-16(15-17)20(26)23-13-14-25(4)5/h6-12,15H,13-14H2,1-5H3,(H,23,26)(H,24,27). The van der Waals surface area contributed by atoms with Crippen LogP contribution in [0.15, 0.2) is 48.5 Å². The lowest BCUT2D eigenvalue weighted by atomic mass is 9.86. The third-order valence-electron chi connectivity index (χ3n) is 4.21. The Bertz CT molecular complexity index is 807. The third kappa shape index (κ3) is 5.93. The van der Waals surface area contributed by atoms with Crippen molar-refractivity contribution in [3.05, 3.63) is 65.2 Å². The van der Waals surface area contributed by atoms with Crippen LogP contribution < -0.4 is 10.6 Å². The number of para-hydroxylation sites is 1. The van der Waals surface area contributed by atoms with Crippen molar-refractivity contribution < 1.29 is 9.59 Å². The molecule has 0 radical (unpaired) electrons. The van der Waals surface area contributed by atoms with E-state index < -0.39 is 0 Å². The fourth-order valence-electron chi connectivity index (χ4n) is 2.74. The van der Waals surface area contributed by atoms with Crippen molar-refractivity contribution >= 4 is 17.5 Å². The van der Waals surface area contributed by atoms with E-state index in [9.17, 15) is 9.59 Å². The van der Waals surface area contributed by atoms with E-state index in [4.69, 9.17) is 0 Å². The van der Waals surface area contributed by atoms with Crippen LogP contribution in [0.5, 0.6) is 0 Å². The Morgan fingerprint density at radius 1 is 0.926 bits per heavy atom. The topological polar surface area (TPSA) is 61.4 Å². The summed E-state index contributed by atoms with van der Waals surface area (Å²) in [7, 11) is 3.90. The van der Waals surface area contributed by atoms with Crippen LogP contribution in [0.4, 0.5) is 5.69 Å². The molecule has 2 amide bonds. The van der Waals surface area contributed by atoms with Gasteiger partial charge in [0.25, 0.3) is 11.8 Å². The summed E-state index contributed by atoms with van der Waals surface area (Å²) >= 11 is 0. The van der Waals surface area contributed by atoms with E-state index in [1.807, 2.05) is 43.3 Å². The maximum Gasteiger partial charge on any atom is 0.255 e. The molecule has 0 unspecified atom stereocenters. The van der Waals surface area contributed by atoms with E-state index in [1.165, 1.54) is 0 Å². The van der Waals surface area contributed by atoms with Gasteiger partial charge in [0.15, 0.2) is 0 Å². The molecule has 0 aliphatic heterocycles. The highest BCUT2D eigenvalue weighted by Crippen LogP contribution is 2.29. The predicted molar refractivity (Wildman–Crippen MR) is 110 cm³/mol. The minimum atomic E-state index is -0.227. The predicted octanol–water partition coefficient (Wildman–Crippen LogP) is 3.53. The van der Waals surface area contributed by atoms with Crippen molar-refractivity contribution in [1.29, 1.82) is 0 Å². The summed E-state index contributed by atoms with van der Waals surface area (Å²) in [5.41, 5.74) is 2.70. The van der Waals surface area contributed by atoms with Crippen LogP contribution in [0.25, 0.3) is 0 Å². The number of amides is 2. The quantitative estimate of drug-likeness (QED) is 0.821. The second kappa shape index (κ2) is 8.82. The van der Waals surface area contributed by atoms with Gasteiger partial charge in [-0.25, -0.2) is 0 Å². The van der Waals surface area contributed by atoms with Crippen LogP contribution in [0.1, 0.15) is 47.1 Å². The Morgan fingerprint density at radius 3 is 2.19 bits per heavy atom. The number of hydrogen-bond donors (Lipinski definition) is 2. The van der Waals surface area contributed by atoms with E-state index in [-0.39, 0.29) is 17.2 Å². The highest BCUT2D eigenvalue weighted by molar-refractivity contribution is 6.06. The summed E-state index contributed by atoms with van der Waals surface area (Å²) in [6.45, 7) is 7.64. The number of carbonyl (C=O) groups excluding carboxylic acids is 2. The first-order chi connectivity index (χ1) is 12.7. The van der Waals surface area contributed by atoms with Crippen molar-refractivity contribution in [3.8, 4) is 0 Å². The smallest absolute Gasteiger partial charge is 0.255 e. The molecule has 5 heteroatoms. The minimum absolute atomic E-state index is 0.0853. The van der Waals surface area contributed by atoms with Gasteiger partial charge in [0.05, 0.1) is 0 Å². The van der Waals surface area contributed by atoms with Gasteiger partial charge in [0.2, 0.25) is 0 Å². The molecule has 0 aliphatic carbocycles. The summed E-state index contributed by atoms with van der Waals surface area (Å²) in [5.74, 6) is -0.406. The van der Waals surface area contributed by atoms with Crippen LogP contribution in [0, 0.1) is 0 Å². The molecule has 144 valence electrons. The molecule has 0 saturated carbocycles. The van der Waals surface area contributed by atoms with Gasteiger partial charge in [-0.05, 0) is 49.3 Å². The van der Waals surface area contributed by atoms with Gasteiger partial charge >= 0.3 is 0 Å². The lowest BCUT2D eigenvalue weighted by Gasteiger charge is -2.23. The van der Waals surface area contributed by atoms with E-state index in [2.05, 4.69) is 31.4 Å². The van der Waals surface area contributed by atoms with Gasteiger partial charge in [-0.2, -0.15) is 0 Å². The van der Waals surface area contributed by atoms with Gasteiger partial charge in [0.1, 0.15) is 0 Å². The fourth-order valence-corrected chi connectivity index (χ4v) is 2.74. The summed E-state index contributed by atoms with van der Waals surface area (Å²) in [6, 6.07) is 14.6. The Kier molecular flexibility index (Phi) is 6.75. The first-order valence-electron chi connectivity index (χ1n) is 9.12. The SMILES string of the molecule is CN(C)CCNC(=O)c1cccc(C(=O)Nc2ccccc2C(C)(C)C)c1. The number of hydrogen-bond acceptors (Lipinski definition) is 3. The highest BCUT2D eigenvalue weighted by atomic mass is 16.2. The third-order valence-corrected chi connectivity index (χ3v) is 4.21. The van der Waals surface area contributed by atoms with Gasteiger partial charge in [0, 0.05) is 29.9 Å². The zero-order chi connectivity index (χ0) is 20.0. The first kappa shape index (κ1) is 20.6. The number of anilines is 1. The molecule has 2 aromatic carbocycles. The number of benzene rings is 2. The van der Waals surface area contributed by atoms with Crippen molar-refractivity contribution in [2.75, 3.05) is 32.5 Å². The molecule has 0 fully saturated rings. The van der Waals surface area contributed by atoms with Crippen LogP contribution in [-0.4, -0.2) is 43.9 Å². The molecule has 0 saturated heterocycles. The summed E-state index contributed by atoms with van der Waals surface area (Å²) in [5, 5.41) is 5.84. The van der Waals surface area contributed by atoms with E-state index in [1.54, 1.807) is 24.3 Å².